The zero-order valence-corrected chi connectivity index (χ0v) is 14.8. The Morgan fingerprint density at radius 3 is 2.43 bits per heavy atom. The molecule has 1 heterocycles. The minimum absolute atomic E-state index is 0.0270. The van der Waals surface area contributed by atoms with Crippen molar-refractivity contribution in [1.82, 2.24) is 9.71 Å². The lowest BCUT2D eigenvalue weighted by molar-refractivity contribution is 0.566. The molecule has 0 fully saturated rings. The van der Waals surface area contributed by atoms with Crippen LogP contribution in [-0.2, 0) is 10.0 Å². The van der Waals surface area contributed by atoms with Crippen molar-refractivity contribution in [3.8, 4) is 0 Å². The summed E-state index contributed by atoms with van der Waals surface area (Å²) in [5.74, 6) is 0. The Hall–Kier alpha value is -0.660. The van der Waals surface area contributed by atoms with Crippen LogP contribution < -0.4 is 4.72 Å². The van der Waals surface area contributed by atoms with Crippen molar-refractivity contribution in [2.45, 2.75) is 17.9 Å². The molecule has 0 saturated heterocycles. The topological polar surface area (TPSA) is 59.1 Å². The summed E-state index contributed by atoms with van der Waals surface area (Å²) in [6.45, 7) is 1.76. The second-order valence-electron chi connectivity index (χ2n) is 4.34. The highest BCUT2D eigenvalue weighted by Gasteiger charge is 2.20. The van der Waals surface area contributed by atoms with Gasteiger partial charge in [0.25, 0.3) is 0 Å². The molecule has 0 bridgehead atoms. The average Bonchev–Trinajstić information content (AvgIpc) is 2.42. The number of hydrogen-bond donors (Lipinski definition) is 1. The molecule has 0 unspecified atom stereocenters. The first-order chi connectivity index (χ1) is 9.79. The number of aromatic nitrogens is 1. The summed E-state index contributed by atoms with van der Waals surface area (Å²) in [4.78, 5) is 3.72. The van der Waals surface area contributed by atoms with Gasteiger partial charge < -0.3 is 0 Å². The van der Waals surface area contributed by atoms with Crippen molar-refractivity contribution in [1.29, 1.82) is 0 Å². The smallest absolute Gasteiger partial charge is 0.242 e. The van der Waals surface area contributed by atoms with E-state index in [9.17, 15) is 8.42 Å². The number of sulfonamides is 1. The highest BCUT2D eigenvalue weighted by atomic mass is 79.9. The van der Waals surface area contributed by atoms with Gasteiger partial charge in [0.2, 0.25) is 10.0 Å². The number of halogens is 3. The van der Waals surface area contributed by atoms with Gasteiger partial charge in [-0.05, 0) is 30.7 Å². The summed E-state index contributed by atoms with van der Waals surface area (Å²) in [6.07, 6.45) is 1.17. The van der Waals surface area contributed by atoms with Gasteiger partial charge in [-0.1, -0.05) is 51.3 Å². The number of pyridine rings is 1. The van der Waals surface area contributed by atoms with Crippen LogP contribution in [0.3, 0.4) is 0 Å². The molecule has 0 aliphatic carbocycles. The van der Waals surface area contributed by atoms with E-state index < -0.39 is 16.1 Å². The Bertz CT molecular complexity index is 751. The minimum Gasteiger partial charge on any atom is -0.242 e. The maximum atomic E-state index is 12.3. The highest BCUT2D eigenvalue weighted by molar-refractivity contribution is 9.10. The molecule has 4 nitrogen and oxygen atoms in total. The lowest BCUT2D eigenvalue weighted by atomic mass is 10.1. The Kier molecular flexibility index (Phi) is 5.27. The summed E-state index contributed by atoms with van der Waals surface area (Å²) >= 11 is 14.8. The van der Waals surface area contributed by atoms with Gasteiger partial charge in [0.05, 0.1) is 5.02 Å². The summed E-state index contributed by atoms with van der Waals surface area (Å²) in [6, 6.07) is 8.25. The molecule has 0 spiro atoms. The molecule has 2 rings (SSSR count). The second-order valence-corrected chi connectivity index (χ2v) is 7.73. The van der Waals surface area contributed by atoms with Crippen LogP contribution in [0.25, 0.3) is 0 Å². The molecule has 0 amide bonds. The quantitative estimate of drug-likeness (QED) is 0.770. The van der Waals surface area contributed by atoms with Crippen molar-refractivity contribution in [3.05, 3.63) is 56.7 Å². The molecule has 0 saturated carbocycles. The van der Waals surface area contributed by atoms with Crippen LogP contribution in [0.1, 0.15) is 18.5 Å². The van der Waals surface area contributed by atoms with Gasteiger partial charge in [-0.3, -0.25) is 0 Å². The maximum absolute atomic E-state index is 12.3. The van der Waals surface area contributed by atoms with E-state index in [0.29, 0.717) is 0 Å². The largest absolute Gasteiger partial charge is 0.242 e. The zero-order valence-electron chi connectivity index (χ0n) is 10.8. The SMILES string of the molecule is C[C@@H](NS(=O)(=O)c1cnc(Cl)c(Cl)c1)c1ccc(Br)cc1. The van der Waals surface area contributed by atoms with Crippen LogP contribution in [0.4, 0.5) is 0 Å². The number of hydrogen-bond acceptors (Lipinski definition) is 3. The van der Waals surface area contributed by atoms with Gasteiger partial charge in [0.1, 0.15) is 10.0 Å². The van der Waals surface area contributed by atoms with Crippen LogP contribution in [0, 0.1) is 0 Å². The standard InChI is InChI=1S/C13H11BrCl2N2O2S/c1-8(9-2-4-10(14)5-3-9)18-21(19,20)11-6-12(15)13(16)17-7-11/h2-8,18H,1H3/t8-/m1/s1. The number of rotatable bonds is 4. The summed E-state index contributed by atoms with van der Waals surface area (Å²) in [5.41, 5.74) is 0.842. The fourth-order valence-corrected chi connectivity index (χ4v) is 3.47. The van der Waals surface area contributed by atoms with Crippen molar-refractivity contribution in [2.75, 3.05) is 0 Å². The van der Waals surface area contributed by atoms with E-state index in [2.05, 4.69) is 25.6 Å². The molecule has 1 N–H and O–H groups in total. The molecule has 1 aromatic heterocycles. The molecule has 0 aliphatic heterocycles. The number of nitrogens with one attached hydrogen (secondary N) is 1. The van der Waals surface area contributed by atoms with E-state index in [-0.39, 0.29) is 15.1 Å². The Labute approximate surface area is 141 Å². The van der Waals surface area contributed by atoms with Gasteiger partial charge in [-0.25, -0.2) is 18.1 Å². The predicted molar refractivity (Wildman–Crippen MR) is 87.1 cm³/mol. The Morgan fingerprint density at radius 1 is 1.24 bits per heavy atom. The van der Waals surface area contributed by atoms with Gasteiger partial charge in [0, 0.05) is 16.7 Å². The summed E-state index contributed by atoms with van der Waals surface area (Å²) < 4.78 is 28.1. The molecule has 1 aromatic carbocycles. The number of benzene rings is 1. The van der Waals surface area contributed by atoms with Crippen LogP contribution >= 0.6 is 39.1 Å². The zero-order chi connectivity index (χ0) is 15.6. The van der Waals surface area contributed by atoms with E-state index in [1.165, 1.54) is 12.3 Å². The highest BCUT2D eigenvalue weighted by Crippen LogP contribution is 2.24. The average molecular weight is 410 g/mol. The molecular formula is C13H11BrCl2N2O2S. The number of nitrogens with zero attached hydrogens (tertiary/aromatic N) is 1. The predicted octanol–water partition coefficient (Wildman–Crippen LogP) is 4.19. The fourth-order valence-electron chi connectivity index (χ4n) is 1.67. The molecule has 1 atom stereocenters. The first-order valence-electron chi connectivity index (χ1n) is 5.88. The van der Waals surface area contributed by atoms with Crippen LogP contribution in [0.2, 0.25) is 10.2 Å². The summed E-state index contributed by atoms with van der Waals surface area (Å²) in [7, 11) is -3.72. The van der Waals surface area contributed by atoms with E-state index >= 15 is 0 Å². The second kappa shape index (κ2) is 6.62. The molecule has 112 valence electrons. The maximum Gasteiger partial charge on any atom is 0.242 e. The third-order valence-electron chi connectivity index (χ3n) is 2.78. The third-order valence-corrected chi connectivity index (χ3v) is 5.51. The van der Waals surface area contributed by atoms with Crippen molar-refractivity contribution < 1.29 is 8.42 Å². The van der Waals surface area contributed by atoms with E-state index in [0.717, 1.165) is 10.0 Å². The Balaban J connectivity index is 2.24. The fraction of sp³-hybridized carbons (Fsp3) is 0.154. The van der Waals surface area contributed by atoms with Crippen LogP contribution in [0.15, 0.2) is 45.9 Å². The molecule has 0 radical (unpaired) electrons. The molecular weight excluding hydrogens is 399 g/mol. The van der Waals surface area contributed by atoms with Crippen LogP contribution in [0.5, 0.6) is 0 Å². The Morgan fingerprint density at radius 2 is 1.86 bits per heavy atom. The monoisotopic (exact) mass is 408 g/mol. The van der Waals surface area contributed by atoms with Crippen LogP contribution in [-0.4, -0.2) is 13.4 Å². The third kappa shape index (κ3) is 4.17. The van der Waals surface area contributed by atoms with E-state index in [1.54, 1.807) is 6.92 Å². The molecule has 0 aliphatic rings. The van der Waals surface area contributed by atoms with E-state index in [1.807, 2.05) is 24.3 Å². The van der Waals surface area contributed by atoms with Crippen molar-refractivity contribution >= 4 is 49.2 Å². The van der Waals surface area contributed by atoms with Gasteiger partial charge >= 0.3 is 0 Å². The van der Waals surface area contributed by atoms with Crippen molar-refractivity contribution in [2.24, 2.45) is 0 Å². The lowest BCUT2D eigenvalue weighted by Crippen LogP contribution is -2.27. The first kappa shape index (κ1) is 16.7. The lowest BCUT2D eigenvalue weighted by Gasteiger charge is -2.15. The van der Waals surface area contributed by atoms with E-state index in [4.69, 9.17) is 23.2 Å². The normalized spacial score (nSPS) is 13.1. The molecule has 8 heteroatoms. The van der Waals surface area contributed by atoms with Gasteiger partial charge in [0.15, 0.2) is 0 Å². The first-order valence-corrected chi connectivity index (χ1v) is 8.91. The molecule has 2 aromatic rings. The minimum atomic E-state index is -3.72. The van der Waals surface area contributed by atoms with Gasteiger partial charge in [-0.2, -0.15) is 0 Å². The van der Waals surface area contributed by atoms with Gasteiger partial charge in [-0.15, -0.1) is 0 Å². The molecule has 21 heavy (non-hydrogen) atoms. The summed E-state index contributed by atoms with van der Waals surface area (Å²) in [5, 5.41) is 0.160. The van der Waals surface area contributed by atoms with Crippen molar-refractivity contribution in [3.63, 3.8) is 0 Å².